The van der Waals surface area contributed by atoms with Gasteiger partial charge in [0.1, 0.15) is 0 Å². The van der Waals surface area contributed by atoms with Crippen LogP contribution in [0.5, 0.6) is 0 Å². The number of aliphatic hydroxyl groups is 1. The van der Waals surface area contributed by atoms with E-state index in [-0.39, 0.29) is 6.61 Å². The Labute approximate surface area is 114 Å². The molecule has 0 saturated heterocycles. The summed E-state index contributed by atoms with van der Waals surface area (Å²) < 4.78 is 0. The number of pyridine rings is 1. The van der Waals surface area contributed by atoms with Gasteiger partial charge < -0.3 is 10.4 Å². The zero-order chi connectivity index (χ0) is 13.7. The third-order valence-corrected chi connectivity index (χ3v) is 3.54. The lowest BCUT2D eigenvalue weighted by Crippen LogP contribution is -2.34. The molecular formula is C16H22N2O. The van der Waals surface area contributed by atoms with Crippen LogP contribution in [-0.2, 0) is 6.54 Å². The van der Waals surface area contributed by atoms with Gasteiger partial charge in [-0.15, -0.1) is 0 Å². The van der Waals surface area contributed by atoms with Gasteiger partial charge in [-0.1, -0.05) is 32.0 Å². The van der Waals surface area contributed by atoms with E-state index < -0.39 is 0 Å². The molecule has 1 aromatic heterocycles. The van der Waals surface area contributed by atoms with Gasteiger partial charge in [-0.2, -0.15) is 0 Å². The molecular weight excluding hydrogens is 236 g/mol. The van der Waals surface area contributed by atoms with Gasteiger partial charge in [0.2, 0.25) is 0 Å². The van der Waals surface area contributed by atoms with Gasteiger partial charge in [-0.05, 0) is 30.0 Å². The summed E-state index contributed by atoms with van der Waals surface area (Å²) >= 11 is 0. The van der Waals surface area contributed by atoms with E-state index >= 15 is 0 Å². The molecule has 0 spiro atoms. The maximum absolute atomic E-state index is 9.10. The molecule has 1 aromatic carbocycles. The molecule has 0 fully saturated rings. The van der Waals surface area contributed by atoms with Crippen LogP contribution in [-0.4, -0.2) is 22.7 Å². The monoisotopic (exact) mass is 258 g/mol. The third-order valence-electron chi connectivity index (χ3n) is 3.54. The number of rotatable bonds is 6. The van der Waals surface area contributed by atoms with Crippen LogP contribution < -0.4 is 5.32 Å². The lowest BCUT2D eigenvalue weighted by molar-refractivity contribution is 0.244. The summed E-state index contributed by atoms with van der Waals surface area (Å²) in [5.41, 5.74) is 2.29. The first-order valence-electron chi connectivity index (χ1n) is 6.89. The topological polar surface area (TPSA) is 45.1 Å². The van der Waals surface area contributed by atoms with Crippen LogP contribution in [0.3, 0.4) is 0 Å². The van der Waals surface area contributed by atoms with Gasteiger partial charge in [0.25, 0.3) is 0 Å². The average molecular weight is 258 g/mol. The van der Waals surface area contributed by atoms with Crippen LogP contribution in [0.25, 0.3) is 10.9 Å². The lowest BCUT2D eigenvalue weighted by atomic mass is 10.0. The summed E-state index contributed by atoms with van der Waals surface area (Å²) in [6, 6.07) is 10.6. The number of fused-ring (bicyclic) bond motifs is 1. The number of para-hydroxylation sites is 1. The van der Waals surface area contributed by atoms with E-state index in [1.807, 2.05) is 24.4 Å². The van der Waals surface area contributed by atoms with Crippen molar-refractivity contribution in [2.24, 2.45) is 5.92 Å². The molecule has 0 saturated carbocycles. The molecule has 1 unspecified atom stereocenters. The van der Waals surface area contributed by atoms with Crippen molar-refractivity contribution >= 4 is 10.9 Å². The minimum Gasteiger partial charge on any atom is -0.396 e. The van der Waals surface area contributed by atoms with E-state index in [1.165, 1.54) is 10.9 Å². The number of hydrogen-bond donors (Lipinski definition) is 2. The molecule has 102 valence electrons. The Bertz CT molecular complexity index is 520. The first kappa shape index (κ1) is 14.0. The summed E-state index contributed by atoms with van der Waals surface area (Å²) in [6.07, 6.45) is 2.65. The maximum atomic E-state index is 9.10. The lowest BCUT2D eigenvalue weighted by Gasteiger charge is -2.22. The predicted molar refractivity (Wildman–Crippen MR) is 78.9 cm³/mol. The van der Waals surface area contributed by atoms with Crippen molar-refractivity contribution in [3.8, 4) is 0 Å². The molecule has 0 amide bonds. The summed E-state index contributed by atoms with van der Waals surface area (Å²) in [5.74, 6) is 0.514. The first-order chi connectivity index (χ1) is 9.22. The van der Waals surface area contributed by atoms with E-state index in [4.69, 9.17) is 5.11 Å². The average Bonchev–Trinajstić information content (AvgIpc) is 2.43. The molecule has 0 aliphatic carbocycles. The largest absolute Gasteiger partial charge is 0.396 e. The van der Waals surface area contributed by atoms with Crippen LogP contribution in [0.2, 0.25) is 0 Å². The second kappa shape index (κ2) is 6.64. The van der Waals surface area contributed by atoms with Gasteiger partial charge in [0, 0.05) is 30.8 Å². The Hall–Kier alpha value is -1.45. The second-order valence-electron chi connectivity index (χ2n) is 5.23. The molecule has 2 aromatic rings. The smallest absolute Gasteiger partial charge is 0.0705 e. The Morgan fingerprint density at radius 1 is 1.21 bits per heavy atom. The highest BCUT2D eigenvalue weighted by molar-refractivity contribution is 5.81. The van der Waals surface area contributed by atoms with Gasteiger partial charge in [-0.3, -0.25) is 4.98 Å². The molecule has 3 nitrogen and oxygen atoms in total. The minimum absolute atomic E-state index is 0.229. The zero-order valence-corrected chi connectivity index (χ0v) is 11.6. The SMILES string of the molecule is CC(C)C(CCO)NCc1ccnc2ccccc12. The molecule has 1 atom stereocenters. The molecule has 0 aliphatic rings. The molecule has 3 heteroatoms. The number of nitrogens with zero attached hydrogens (tertiary/aromatic N) is 1. The molecule has 19 heavy (non-hydrogen) atoms. The van der Waals surface area contributed by atoms with E-state index in [2.05, 4.69) is 36.3 Å². The fourth-order valence-electron chi connectivity index (χ4n) is 2.36. The standard InChI is InChI=1S/C16H22N2O/c1-12(2)15(8-10-19)18-11-13-7-9-17-16-6-4-3-5-14(13)16/h3-7,9,12,15,18-19H,8,10-11H2,1-2H3. The second-order valence-corrected chi connectivity index (χ2v) is 5.23. The van der Waals surface area contributed by atoms with Gasteiger partial charge in [0.05, 0.1) is 5.52 Å². The number of hydrogen-bond acceptors (Lipinski definition) is 3. The van der Waals surface area contributed by atoms with Crippen molar-refractivity contribution in [1.82, 2.24) is 10.3 Å². The van der Waals surface area contributed by atoms with Crippen molar-refractivity contribution in [2.75, 3.05) is 6.61 Å². The van der Waals surface area contributed by atoms with Crippen LogP contribution in [0.4, 0.5) is 0 Å². The maximum Gasteiger partial charge on any atom is 0.0705 e. The Kier molecular flexibility index (Phi) is 4.88. The predicted octanol–water partition coefficient (Wildman–Crippen LogP) is 2.73. The van der Waals surface area contributed by atoms with Crippen LogP contribution in [0.1, 0.15) is 25.8 Å². The molecule has 1 heterocycles. The number of nitrogens with one attached hydrogen (secondary N) is 1. The van der Waals surface area contributed by atoms with Crippen molar-refractivity contribution in [3.63, 3.8) is 0 Å². The molecule has 2 N–H and O–H groups in total. The number of benzene rings is 1. The normalized spacial score (nSPS) is 13.1. The fraction of sp³-hybridized carbons (Fsp3) is 0.438. The van der Waals surface area contributed by atoms with Crippen molar-refractivity contribution in [1.29, 1.82) is 0 Å². The zero-order valence-electron chi connectivity index (χ0n) is 11.6. The van der Waals surface area contributed by atoms with Crippen LogP contribution >= 0.6 is 0 Å². The van der Waals surface area contributed by atoms with Gasteiger partial charge in [-0.25, -0.2) is 0 Å². The first-order valence-corrected chi connectivity index (χ1v) is 6.89. The van der Waals surface area contributed by atoms with E-state index in [9.17, 15) is 0 Å². The van der Waals surface area contributed by atoms with Crippen LogP contribution in [0.15, 0.2) is 36.5 Å². The van der Waals surface area contributed by atoms with E-state index in [1.54, 1.807) is 0 Å². The Morgan fingerprint density at radius 3 is 2.74 bits per heavy atom. The van der Waals surface area contributed by atoms with E-state index in [0.717, 1.165) is 18.5 Å². The van der Waals surface area contributed by atoms with Gasteiger partial charge >= 0.3 is 0 Å². The van der Waals surface area contributed by atoms with Crippen LogP contribution in [0, 0.1) is 5.92 Å². The summed E-state index contributed by atoms with van der Waals surface area (Å²) in [5, 5.41) is 13.8. The highest BCUT2D eigenvalue weighted by Crippen LogP contribution is 2.16. The Balaban J connectivity index is 2.13. The van der Waals surface area contributed by atoms with Crippen molar-refractivity contribution < 1.29 is 5.11 Å². The summed E-state index contributed by atoms with van der Waals surface area (Å²) in [6.45, 7) is 5.40. The molecule has 0 radical (unpaired) electrons. The number of aliphatic hydroxyl groups excluding tert-OH is 1. The van der Waals surface area contributed by atoms with Gasteiger partial charge in [0.15, 0.2) is 0 Å². The molecule has 0 aliphatic heterocycles. The minimum atomic E-state index is 0.229. The van der Waals surface area contributed by atoms with Crippen molar-refractivity contribution in [2.45, 2.75) is 32.9 Å². The van der Waals surface area contributed by atoms with E-state index in [0.29, 0.717) is 12.0 Å². The highest BCUT2D eigenvalue weighted by atomic mass is 16.3. The highest BCUT2D eigenvalue weighted by Gasteiger charge is 2.12. The third kappa shape index (κ3) is 3.52. The number of aromatic nitrogens is 1. The van der Waals surface area contributed by atoms with Crippen molar-refractivity contribution in [3.05, 3.63) is 42.1 Å². The quantitative estimate of drug-likeness (QED) is 0.837. The molecule has 0 bridgehead atoms. The fourth-order valence-corrected chi connectivity index (χ4v) is 2.36. The Morgan fingerprint density at radius 2 is 2.00 bits per heavy atom. The summed E-state index contributed by atoms with van der Waals surface area (Å²) in [7, 11) is 0. The summed E-state index contributed by atoms with van der Waals surface area (Å²) in [4.78, 5) is 4.37. The molecule has 2 rings (SSSR count).